The van der Waals surface area contributed by atoms with E-state index in [9.17, 15) is 13.6 Å². The largest absolute Gasteiger partial charge is 0.385 e. The summed E-state index contributed by atoms with van der Waals surface area (Å²) in [6, 6.07) is 0. The highest BCUT2D eigenvalue weighted by Gasteiger charge is 2.20. The molecule has 84 valence electrons. The van der Waals surface area contributed by atoms with Crippen molar-refractivity contribution in [2.75, 3.05) is 13.1 Å². The van der Waals surface area contributed by atoms with E-state index in [1.807, 2.05) is 0 Å². The van der Waals surface area contributed by atoms with Crippen LogP contribution >= 0.6 is 0 Å². The fourth-order valence-electron chi connectivity index (χ4n) is 0.898. The third kappa shape index (κ3) is 4.48. The summed E-state index contributed by atoms with van der Waals surface area (Å²) >= 11 is 0. The smallest absolute Gasteiger partial charge is 0.265 e. The minimum atomic E-state index is -2.84. The molecule has 0 aromatic heterocycles. The van der Waals surface area contributed by atoms with E-state index < -0.39 is 25.0 Å². The molecule has 0 aliphatic heterocycles. The molecule has 0 radical (unpaired) electrons. The number of nitrogens with one attached hydrogen (secondary N) is 1. The summed E-state index contributed by atoms with van der Waals surface area (Å²) in [5.74, 6) is -0.769. The molecule has 4 nitrogen and oxygen atoms in total. The molecule has 0 spiro atoms. The lowest BCUT2D eigenvalue weighted by Gasteiger charge is -2.15. The second-order valence-electron chi connectivity index (χ2n) is 2.99. The molecular weight excluding hydrogens is 194 g/mol. The van der Waals surface area contributed by atoms with Gasteiger partial charge in [0.05, 0.1) is 0 Å². The first-order chi connectivity index (χ1) is 6.52. The monoisotopic (exact) mass is 210 g/mol. The van der Waals surface area contributed by atoms with Gasteiger partial charge in [-0.1, -0.05) is 6.92 Å². The predicted octanol–water partition coefficient (Wildman–Crippen LogP) is -0.286. The van der Waals surface area contributed by atoms with Crippen molar-refractivity contribution in [2.24, 2.45) is 11.7 Å². The number of carbonyl (C=O) groups excluding carboxylic acids is 1. The number of nitrogens with two attached hydrogens (primary N) is 1. The van der Waals surface area contributed by atoms with Crippen LogP contribution in [-0.2, 0) is 4.79 Å². The molecule has 0 saturated heterocycles. The summed E-state index contributed by atoms with van der Waals surface area (Å²) in [5, 5.41) is 10.9. The van der Waals surface area contributed by atoms with E-state index in [1.54, 1.807) is 6.92 Å². The Labute approximate surface area is 81.5 Å². The topological polar surface area (TPSA) is 75.4 Å². The molecule has 4 N–H and O–H groups in total. The molecule has 0 rings (SSSR count). The second kappa shape index (κ2) is 6.67. The van der Waals surface area contributed by atoms with Gasteiger partial charge in [-0.25, -0.2) is 8.78 Å². The lowest BCUT2D eigenvalue weighted by molar-refractivity contribution is -0.125. The Morgan fingerprint density at radius 2 is 2.14 bits per heavy atom. The summed E-state index contributed by atoms with van der Waals surface area (Å²) in [6.45, 7) is 1.51. The van der Waals surface area contributed by atoms with Gasteiger partial charge in [0.2, 0.25) is 5.91 Å². The van der Waals surface area contributed by atoms with Crippen LogP contribution in [0.2, 0.25) is 0 Å². The average molecular weight is 210 g/mol. The first-order valence-corrected chi connectivity index (χ1v) is 4.46. The summed E-state index contributed by atoms with van der Waals surface area (Å²) < 4.78 is 23.6. The predicted molar refractivity (Wildman–Crippen MR) is 47.9 cm³/mol. The number of hydrogen-bond acceptors (Lipinski definition) is 3. The van der Waals surface area contributed by atoms with Crippen LogP contribution in [0.5, 0.6) is 0 Å². The third-order valence-electron chi connectivity index (χ3n) is 1.92. The van der Waals surface area contributed by atoms with Crippen molar-refractivity contribution < 1.29 is 18.7 Å². The number of hydrogen-bond donors (Lipinski definition) is 3. The lowest BCUT2D eigenvalue weighted by atomic mass is 10.1. The van der Waals surface area contributed by atoms with Crippen LogP contribution in [0.25, 0.3) is 0 Å². The van der Waals surface area contributed by atoms with Crippen molar-refractivity contribution in [3.8, 4) is 0 Å². The molecule has 1 amide bonds. The van der Waals surface area contributed by atoms with E-state index in [0.29, 0.717) is 6.42 Å². The van der Waals surface area contributed by atoms with E-state index in [-0.39, 0.29) is 12.5 Å². The zero-order valence-electron chi connectivity index (χ0n) is 8.04. The molecule has 2 unspecified atom stereocenters. The van der Waals surface area contributed by atoms with Gasteiger partial charge in [-0.3, -0.25) is 4.79 Å². The quantitative estimate of drug-likeness (QED) is 0.564. The minimum absolute atomic E-state index is 0.174. The molecule has 0 aromatic rings. The van der Waals surface area contributed by atoms with Gasteiger partial charge in [0.25, 0.3) is 6.43 Å². The Bertz CT molecular complexity index is 175. The molecular formula is C8H16F2N2O2. The molecule has 0 aliphatic carbocycles. The van der Waals surface area contributed by atoms with Gasteiger partial charge < -0.3 is 16.2 Å². The maximum absolute atomic E-state index is 11.8. The number of aliphatic hydroxyl groups is 1. The number of rotatable bonds is 6. The molecule has 6 heteroatoms. The summed E-state index contributed by atoms with van der Waals surface area (Å²) in [5.41, 5.74) is 5.28. The van der Waals surface area contributed by atoms with Gasteiger partial charge in [-0.2, -0.15) is 0 Å². The zero-order valence-corrected chi connectivity index (χ0v) is 8.04. The minimum Gasteiger partial charge on any atom is -0.385 e. The highest BCUT2D eigenvalue weighted by molar-refractivity contribution is 5.78. The van der Waals surface area contributed by atoms with Crippen molar-refractivity contribution in [2.45, 2.75) is 25.9 Å². The number of halogens is 2. The molecule has 0 aliphatic rings. The van der Waals surface area contributed by atoms with Gasteiger partial charge in [-0.15, -0.1) is 0 Å². The Balaban J connectivity index is 3.83. The van der Waals surface area contributed by atoms with Gasteiger partial charge >= 0.3 is 0 Å². The van der Waals surface area contributed by atoms with Crippen LogP contribution in [-0.4, -0.2) is 36.6 Å². The number of aliphatic hydroxyl groups excluding tert-OH is 1. The van der Waals surface area contributed by atoms with Crippen molar-refractivity contribution in [3.63, 3.8) is 0 Å². The average Bonchev–Trinajstić information content (AvgIpc) is 2.15. The molecule has 0 bridgehead atoms. The summed E-state index contributed by atoms with van der Waals surface area (Å²) in [7, 11) is 0. The van der Waals surface area contributed by atoms with E-state index in [1.165, 1.54) is 0 Å². The van der Waals surface area contributed by atoms with E-state index >= 15 is 0 Å². The third-order valence-corrected chi connectivity index (χ3v) is 1.92. The maximum Gasteiger partial charge on any atom is 0.265 e. The van der Waals surface area contributed by atoms with E-state index in [4.69, 9.17) is 10.8 Å². The molecule has 14 heavy (non-hydrogen) atoms. The van der Waals surface area contributed by atoms with Crippen molar-refractivity contribution in [1.29, 1.82) is 0 Å². The Morgan fingerprint density at radius 3 is 2.50 bits per heavy atom. The number of alkyl halides is 2. The standard InChI is InChI=1S/C8H16F2N2O2/c1-2-5(3-11)8(14)12-4-6(13)7(9)10/h5-7,13H,2-4,11H2,1H3,(H,12,14). The van der Waals surface area contributed by atoms with Gasteiger partial charge in [0.1, 0.15) is 6.10 Å². The normalized spacial score (nSPS) is 15.3. The number of amides is 1. The fourth-order valence-corrected chi connectivity index (χ4v) is 0.898. The van der Waals surface area contributed by atoms with E-state index in [2.05, 4.69) is 5.32 Å². The number of carbonyl (C=O) groups is 1. The molecule has 0 heterocycles. The summed E-state index contributed by atoms with van der Waals surface area (Å²) in [4.78, 5) is 11.2. The van der Waals surface area contributed by atoms with Crippen LogP contribution in [0.1, 0.15) is 13.3 Å². The Morgan fingerprint density at radius 1 is 1.57 bits per heavy atom. The maximum atomic E-state index is 11.8. The molecule has 0 fully saturated rings. The highest BCUT2D eigenvalue weighted by Crippen LogP contribution is 2.02. The van der Waals surface area contributed by atoms with Crippen LogP contribution in [0, 0.1) is 5.92 Å². The van der Waals surface area contributed by atoms with E-state index in [0.717, 1.165) is 0 Å². The van der Waals surface area contributed by atoms with Crippen molar-refractivity contribution >= 4 is 5.91 Å². The first-order valence-electron chi connectivity index (χ1n) is 4.46. The molecule has 2 atom stereocenters. The van der Waals surface area contributed by atoms with Crippen molar-refractivity contribution in [1.82, 2.24) is 5.32 Å². The lowest BCUT2D eigenvalue weighted by Crippen LogP contribution is -2.40. The second-order valence-corrected chi connectivity index (χ2v) is 2.99. The van der Waals surface area contributed by atoms with Crippen LogP contribution in [0.4, 0.5) is 8.78 Å². The van der Waals surface area contributed by atoms with Crippen LogP contribution in [0.3, 0.4) is 0 Å². The van der Waals surface area contributed by atoms with Crippen LogP contribution in [0.15, 0.2) is 0 Å². The Kier molecular flexibility index (Phi) is 6.31. The fraction of sp³-hybridized carbons (Fsp3) is 0.875. The highest BCUT2D eigenvalue weighted by atomic mass is 19.3. The SMILES string of the molecule is CCC(CN)C(=O)NCC(O)C(F)F. The van der Waals surface area contributed by atoms with Gasteiger partial charge in [-0.05, 0) is 6.42 Å². The summed E-state index contributed by atoms with van der Waals surface area (Å²) in [6.07, 6.45) is -4.10. The molecule has 0 aromatic carbocycles. The van der Waals surface area contributed by atoms with Gasteiger partial charge in [0, 0.05) is 19.0 Å². The van der Waals surface area contributed by atoms with Crippen LogP contribution < -0.4 is 11.1 Å². The molecule has 0 saturated carbocycles. The zero-order chi connectivity index (χ0) is 11.1. The van der Waals surface area contributed by atoms with Gasteiger partial charge in [0.15, 0.2) is 0 Å². The van der Waals surface area contributed by atoms with Crippen molar-refractivity contribution in [3.05, 3.63) is 0 Å². The first kappa shape index (κ1) is 13.2. The Hall–Kier alpha value is -0.750.